The van der Waals surface area contributed by atoms with Gasteiger partial charge in [-0.05, 0) is 54.6 Å². The molecule has 3 rings (SSSR count). The van der Waals surface area contributed by atoms with Gasteiger partial charge in [0.15, 0.2) is 0 Å². The highest BCUT2D eigenvalue weighted by atomic mass is 35.5. The molecule has 0 radical (unpaired) electrons. The first kappa shape index (κ1) is 20.1. The summed E-state index contributed by atoms with van der Waals surface area (Å²) in [6.07, 6.45) is 2.35. The molecule has 144 valence electrons. The van der Waals surface area contributed by atoms with Crippen LogP contribution in [0.1, 0.15) is 62.6 Å². The number of carbonyl (C=O) groups excluding carboxylic acids is 1. The maximum atomic E-state index is 12.9. The maximum Gasteiger partial charge on any atom is 0.143 e. The van der Waals surface area contributed by atoms with E-state index in [0.29, 0.717) is 18.1 Å². The van der Waals surface area contributed by atoms with Crippen LogP contribution < -0.4 is 0 Å². The van der Waals surface area contributed by atoms with Crippen LogP contribution in [0, 0.1) is 0 Å². The fraction of sp³-hybridized carbons (Fsp3) is 0.458. The second kappa shape index (κ2) is 8.58. The Labute approximate surface area is 168 Å². The lowest BCUT2D eigenvalue weighted by molar-refractivity contribution is -0.126. The third-order valence-corrected chi connectivity index (χ3v) is 6.39. The van der Waals surface area contributed by atoms with Gasteiger partial charge in [0, 0.05) is 18.0 Å². The molecule has 0 aromatic heterocycles. The number of Topliss-reactive ketones (excluding diaryl/α,β-unsaturated/α-hetero) is 1. The van der Waals surface area contributed by atoms with Gasteiger partial charge in [-0.1, -0.05) is 74.8 Å². The highest BCUT2D eigenvalue weighted by Gasteiger charge is 2.41. The van der Waals surface area contributed by atoms with Crippen molar-refractivity contribution in [3.8, 4) is 0 Å². The van der Waals surface area contributed by atoms with Crippen molar-refractivity contribution in [1.82, 2.24) is 4.90 Å². The lowest BCUT2D eigenvalue weighted by atomic mass is 9.69. The number of hydrogen-bond acceptors (Lipinski definition) is 2. The lowest BCUT2D eigenvalue weighted by Crippen LogP contribution is -2.46. The third kappa shape index (κ3) is 4.28. The van der Waals surface area contributed by atoms with E-state index in [1.54, 1.807) is 0 Å². The predicted octanol–water partition coefficient (Wildman–Crippen LogP) is 5.98. The van der Waals surface area contributed by atoms with E-state index in [1.165, 1.54) is 16.7 Å². The zero-order valence-corrected chi connectivity index (χ0v) is 17.4. The summed E-state index contributed by atoms with van der Waals surface area (Å²) in [6.45, 7) is 9.09. The number of halogens is 1. The molecule has 0 aliphatic carbocycles. The molecule has 0 spiro atoms. The van der Waals surface area contributed by atoms with Crippen LogP contribution in [0.15, 0.2) is 48.5 Å². The van der Waals surface area contributed by atoms with Crippen molar-refractivity contribution < 1.29 is 4.79 Å². The van der Waals surface area contributed by atoms with Crippen LogP contribution in [-0.4, -0.2) is 23.8 Å². The highest BCUT2D eigenvalue weighted by molar-refractivity contribution is 6.31. The Hall–Kier alpha value is -1.64. The summed E-state index contributed by atoms with van der Waals surface area (Å²) < 4.78 is 0. The minimum Gasteiger partial charge on any atom is -0.299 e. The van der Waals surface area contributed by atoms with E-state index in [2.05, 4.69) is 43.0 Å². The van der Waals surface area contributed by atoms with Crippen LogP contribution in [0.3, 0.4) is 0 Å². The molecule has 2 aromatic rings. The van der Waals surface area contributed by atoms with Crippen LogP contribution in [0.25, 0.3) is 0 Å². The largest absolute Gasteiger partial charge is 0.299 e. The van der Waals surface area contributed by atoms with E-state index in [1.807, 2.05) is 31.2 Å². The van der Waals surface area contributed by atoms with Crippen molar-refractivity contribution in [2.45, 2.75) is 57.9 Å². The average molecular weight is 384 g/mol. The predicted molar refractivity (Wildman–Crippen MR) is 113 cm³/mol. The molecule has 0 unspecified atom stereocenters. The van der Waals surface area contributed by atoms with E-state index < -0.39 is 0 Å². The molecular weight excluding hydrogens is 354 g/mol. The first-order valence-electron chi connectivity index (χ1n) is 10.1. The van der Waals surface area contributed by atoms with Crippen molar-refractivity contribution in [2.24, 2.45) is 0 Å². The number of hydrogen-bond donors (Lipinski definition) is 0. The molecule has 0 atom stereocenters. The highest BCUT2D eigenvalue weighted by Crippen LogP contribution is 2.38. The molecule has 0 amide bonds. The zero-order chi connectivity index (χ0) is 19.4. The fourth-order valence-electron chi connectivity index (χ4n) is 4.23. The van der Waals surface area contributed by atoms with Gasteiger partial charge in [0.1, 0.15) is 5.78 Å². The molecule has 0 saturated carbocycles. The van der Waals surface area contributed by atoms with Gasteiger partial charge in [-0.15, -0.1) is 0 Å². The molecule has 1 fully saturated rings. The molecule has 0 bridgehead atoms. The Bertz CT molecular complexity index is 776. The first-order valence-corrected chi connectivity index (χ1v) is 10.4. The summed E-state index contributed by atoms with van der Waals surface area (Å²) in [6, 6.07) is 16.7. The summed E-state index contributed by atoms with van der Waals surface area (Å²) in [5, 5.41) is 0.837. The average Bonchev–Trinajstić information content (AvgIpc) is 2.70. The number of nitrogens with zero attached hydrogens (tertiary/aromatic N) is 1. The molecule has 1 aliphatic rings. The molecule has 3 heteroatoms. The van der Waals surface area contributed by atoms with E-state index in [4.69, 9.17) is 11.6 Å². The maximum absolute atomic E-state index is 12.9. The fourth-order valence-corrected chi connectivity index (χ4v) is 4.41. The summed E-state index contributed by atoms with van der Waals surface area (Å²) in [5.41, 5.74) is 3.37. The van der Waals surface area contributed by atoms with Crippen molar-refractivity contribution >= 4 is 17.4 Å². The molecular formula is C24H30ClNO. The topological polar surface area (TPSA) is 20.3 Å². The van der Waals surface area contributed by atoms with Gasteiger partial charge < -0.3 is 0 Å². The molecule has 1 heterocycles. The quantitative estimate of drug-likeness (QED) is 0.611. The van der Waals surface area contributed by atoms with Gasteiger partial charge in [-0.2, -0.15) is 0 Å². The van der Waals surface area contributed by atoms with Crippen LogP contribution in [-0.2, 0) is 16.8 Å². The van der Waals surface area contributed by atoms with Gasteiger partial charge >= 0.3 is 0 Å². The van der Waals surface area contributed by atoms with Crippen LogP contribution >= 0.6 is 11.6 Å². The molecule has 27 heavy (non-hydrogen) atoms. The molecule has 2 nitrogen and oxygen atoms in total. The Balaban J connectivity index is 1.76. The smallest absolute Gasteiger partial charge is 0.143 e. The van der Waals surface area contributed by atoms with Gasteiger partial charge in [-0.25, -0.2) is 0 Å². The van der Waals surface area contributed by atoms with Crippen LogP contribution in [0.4, 0.5) is 0 Å². The van der Waals surface area contributed by atoms with Crippen molar-refractivity contribution in [3.05, 3.63) is 70.2 Å². The summed E-state index contributed by atoms with van der Waals surface area (Å²) in [4.78, 5) is 15.3. The minimum atomic E-state index is -0.323. The van der Waals surface area contributed by atoms with Crippen molar-refractivity contribution in [1.29, 1.82) is 0 Å². The van der Waals surface area contributed by atoms with Crippen LogP contribution in [0.5, 0.6) is 0 Å². The number of carbonyl (C=O) groups is 1. The molecule has 0 N–H and O–H groups in total. The second-order valence-electron chi connectivity index (χ2n) is 8.01. The first-order chi connectivity index (χ1) is 13.0. The minimum absolute atomic E-state index is 0.323. The van der Waals surface area contributed by atoms with Gasteiger partial charge in [0.05, 0.1) is 5.41 Å². The Kier molecular flexibility index (Phi) is 6.39. The Morgan fingerprint density at radius 1 is 1.11 bits per heavy atom. The van der Waals surface area contributed by atoms with Gasteiger partial charge in [0.2, 0.25) is 0 Å². The van der Waals surface area contributed by atoms with Crippen LogP contribution in [0.2, 0.25) is 5.02 Å². The summed E-state index contributed by atoms with van der Waals surface area (Å²) in [7, 11) is 0. The standard InChI is InChI=1S/C24H30ClNO/c1-4-23(27)24(21-8-6-5-7-9-21)12-14-26(15-13-24)17-20-16-19(18(2)3)10-11-22(20)25/h5-11,16,18H,4,12-15,17H2,1-3H3. The summed E-state index contributed by atoms with van der Waals surface area (Å²) in [5.74, 6) is 0.864. The number of rotatable bonds is 6. The monoisotopic (exact) mass is 383 g/mol. The number of benzene rings is 2. The Morgan fingerprint density at radius 3 is 2.37 bits per heavy atom. The summed E-state index contributed by atoms with van der Waals surface area (Å²) >= 11 is 6.46. The molecule has 1 saturated heterocycles. The number of likely N-dealkylation sites (tertiary alicyclic amines) is 1. The second-order valence-corrected chi connectivity index (χ2v) is 8.41. The van der Waals surface area contributed by atoms with E-state index in [0.717, 1.165) is 37.5 Å². The Morgan fingerprint density at radius 2 is 1.78 bits per heavy atom. The van der Waals surface area contributed by atoms with Crippen molar-refractivity contribution in [3.63, 3.8) is 0 Å². The van der Waals surface area contributed by atoms with E-state index >= 15 is 0 Å². The number of piperidine rings is 1. The zero-order valence-electron chi connectivity index (χ0n) is 16.7. The molecule has 1 aliphatic heterocycles. The lowest BCUT2D eigenvalue weighted by Gasteiger charge is -2.41. The van der Waals surface area contributed by atoms with E-state index in [9.17, 15) is 4.79 Å². The normalized spacial score (nSPS) is 17.2. The number of ketones is 1. The van der Waals surface area contributed by atoms with Crippen molar-refractivity contribution in [2.75, 3.05) is 13.1 Å². The van der Waals surface area contributed by atoms with E-state index in [-0.39, 0.29) is 5.41 Å². The third-order valence-electron chi connectivity index (χ3n) is 6.02. The van der Waals surface area contributed by atoms with Gasteiger partial charge in [0.25, 0.3) is 0 Å². The van der Waals surface area contributed by atoms with Gasteiger partial charge in [-0.3, -0.25) is 9.69 Å². The molecule has 2 aromatic carbocycles. The SMILES string of the molecule is CCC(=O)C1(c2ccccc2)CCN(Cc2cc(C(C)C)ccc2Cl)CC1.